The minimum atomic E-state index is -0.479. The number of ether oxygens (including phenoxy) is 2. The molecule has 2 unspecified atom stereocenters. The molecule has 2 bridgehead atoms. The summed E-state index contributed by atoms with van der Waals surface area (Å²) in [6.45, 7) is 7.33. The average molecular weight is 359 g/mol. The van der Waals surface area contributed by atoms with Crippen LogP contribution in [-0.4, -0.2) is 35.7 Å². The number of amides is 1. The summed E-state index contributed by atoms with van der Waals surface area (Å²) in [4.78, 5) is 26.6. The Bertz CT molecular complexity index is 623. The van der Waals surface area contributed by atoms with Crippen LogP contribution in [0.4, 0.5) is 4.79 Å². The molecule has 2 atom stereocenters. The number of piperidine rings is 1. The summed E-state index contributed by atoms with van der Waals surface area (Å²) in [5.74, 6) is 0.547. The van der Waals surface area contributed by atoms with Gasteiger partial charge in [0.05, 0.1) is 5.92 Å². The first-order chi connectivity index (χ1) is 12.3. The van der Waals surface area contributed by atoms with Gasteiger partial charge in [-0.15, -0.1) is 0 Å². The largest absolute Gasteiger partial charge is 0.461 e. The van der Waals surface area contributed by atoms with Crippen molar-refractivity contribution in [3.63, 3.8) is 0 Å². The van der Waals surface area contributed by atoms with Crippen molar-refractivity contribution >= 4 is 12.1 Å². The Labute approximate surface area is 155 Å². The van der Waals surface area contributed by atoms with Crippen molar-refractivity contribution in [3.05, 3.63) is 35.9 Å². The van der Waals surface area contributed by atoms with Gasteiger partial charge in [-0.2, -0.15) is 0 Å². The molecular weight excluding hydrogens is 330 g/mol. The number of fused-ring (bicyclic) bond motifs is 2. The summed E-state index contributed by atoms with van der Waals surface area (Å²) >= 11 is 0. The molecule has 2 aliphatic rings. The van der Waals surface area contributed by atoms with E-state index in [-0.39, 0.29) is 18.0 Å². The Kier molecular flexibility index (Phi) is 5.54. The number of carbonyl (C=O) groups is 2. The third-order valence-electron chi connectivity index (χ3n) is 5.07. The van der Waals surface area contributed by atoms with Crippen LogP contribution < -0.4 is 0 Å². The predicted molar refractivity (Wildman–Crippen MR) is 98.4 cm³/mol. The first kappa shape index (κ1) is 18.7. The van der Waals surface area contributed by atoms with Crippen LogP contribution >= 0.6 is 0 Å². The number of carbonyl (C=O) groups excluding carboxylic acids is 2. The van der Waals surface area contributed by atoms with Crippen LogP contribution in [0.3, 0.4) is 0 Å². The number of esters is 1. The van der Waals surface area contributed by atoms with Crippen LogP contribution in [0.2, 0.25) is 0 Å². The van der Waals surface area contributed by atoms with Crippen LogP contribution in [-0.2, 0) is 20.9 Å². The molecule has 0 aromatic heterocycles. The molecule has 1 aromatic rings. The molecule has 142 valence electrons. The fourth-order valence-corrected chi connectivity index (χ4v) is 4.08. The minimum absolute atomic E-state index is 0.0525. The Morgan fingerprint density at radius 2 is 1.65 bits per heavy atom. The molecule has 0 spiro atoms. The lowest BCUT2D eigenvalue weighted by molar-refractivity contribution is -0.153. The van der Waals surface area contributed by atoms with Gasteiger partial charge in [0.15, 0.2) is 0 Å². The van der Waals surface area contributed by atoms with Gasteiger partial charge in [-0.3, -0.25) is 4.79 Å². The highest BCUT2D eigenvalue weighted by molar-refractivity contribution is 5.73. The van der Waals surface area contributed by atoms with Gasteiger partial charge >= 0.3 is 12.1 Å². The highest BCUT2D eigenvalue weighted by Crippen LogP contribution is 2.39. The molecule has 1 saturated heterocycles. The summed E-state index contributed by atoms with van der Waals surface area (Å²) in [5, 5.41) is 0. The van der Waals surface area contributed by atoms with Crippen molar-refractivity contribution in [3.8, 4) is 0 Å². The van der Waals surface area contributed by atoms with E-state index in [0.29, 0.717) is 31.5 Å². The molecule has 26 heavy (non-hydrogen) atoms. The monoisotopic (exact) mass is 359 g/mol. The molecular formula is C21H29NO4. The molecule has 2 fully saturated rings. The van der Waals surface area contributed by atoms with Crippen LogP contribution in [0.25, 0.3) is 0 Å². The quantitative estimate of drug-likeness (QED) is 0.765. The zero-order valence-electron chi connectivity index (χ0n) is 15.9. The van der Waals surface area contributed by atoms with Gasteiger partial charge in [0.25, 0.3) is 0 Å². The van der Waals surface area contributed by atoms with Crippen molar-refractivity contribution < 1.29 is 19.1 Å². The van der Waals surface area contributed by atoms with Gasteiger partial charge in [-0.1, -0.05) is 30.3 Å². The second kappa shape index (κ2) is 7.68. The number of benzene rings is 1. The number of likely N-dealkylation sites (tertiary alicyclic amines) is 1. The number of hydrogen-bond donors (Lipinski definition) is 0. The first-order valence-corrected chi connectivity index (χ1v) is 9.48. The molecule has 1 saturated carbocycles. The summed E-state index contributed by atoms with van der Waals surface area (Å²) in [7, 11) is 0. The molecule has 5 nitrogen and oxygen atoms in total. The second-order valence-corrected chi connectivity index (χ2v) is 8.61. The summed E-state index contributed by atoms with van der Waals surface area (Å²) < 4.78 is 11.0. The fraction of sp³-hybridized carbons (Fsp3) is 0.619. The van der Waals surface area contributed by atoms with Crippen molar-refractivity contribution in [2.24, 2.45) is 17.8 Å². The van der Waals surface area contributed by atoms with Crippen molar-refractivity contribution in [2.75, 3.05) is 13.1 Å². The highest BCUT2D eigenvalue weighted by atomic mass is 16.6. The van der Waals surface area contributed by atoms with Gasteiger partial charge in [0.1, 0.15) is 12.2 Å². The van der Waals surface area contributed by atoms with E-state index in [2.05, 4.69) is 0 Å². The standard InChI is InChI=1S/C21H29NO4/c1-21(2,3)26-20(24)22-12-16-9-17(13-22)11-18(10-16)19(23)25-14-15-7-5-4-6-8-15/h4-8,16-18H,9-14H2,1-3H3. The topological polar surface area (TPSA) is 55.8 Å². The van der Waals surface area contributed by atoms with Gasteiger partial charge in [0, 0.05) is 13.1 Å². The molecule has 1 heterocycles. The molecule has 3 rings (SSSR count). The normalized spacial score (nSPS) is 25.5. The van der Waals surface area contributed by atoms with Gasteiger partial charge < -0.3 is 14.4 Å². The lowest BCUT2D eigenvalue weighted by Gasteiger charge is -2.43. The lowest BCUT2D eigenvalue weighted by Crippen LogP contribution is -2.49. The van der Waals surface area contributed by atoms with E-state index in [4.69, 9.17) is 9.47 Å². The summed E-state index contributed by atoms with van der Waals surface area (Å²) in [6.07, 6.45) is 2.44. The maximum absolute atomic E-state index is 12.5. The van der Waals surface area contributed by atoms with E-state index < -0.39 is 5.60 Å². The molecule has 1 aliphatic carbocycles. The predicted octanol–water partition coefficient (Wildman–Crippen LogP) is 4.01. The fourth-order valence-electron chi connectivity index (χ4n) is 4.08. The van der Waals surface area contributed by atoms with Crippen LogP contribution in [0.15, 0.2) is 30.3 Å². The van der Waals surface area contributed by atoms with Crippen LogP contribution in [0.5, 0.6) is 0 Å². The Morgan fingerprint density at radius 3 is 2.23 bits per heavy atom. The minimum Gasteiger partial charge on any atom is -0.461 e. The second-order valence-electron chi connectivity index (χ2n) is 8.61. The molecule has 1 aliphatic heterocycles. The van der Waals surface area contributed by atoms with Crippen molar-refractivity contribution in [2.45, 2.75) is 52.2 Å². The van der Waals surface area contributed by atoms with E-state index in [0.717, 1.165) is 24.8 Å². The maximum atomic E-state index is 12.5. The van der Waals surface area contributed by atoms with E-state index >= 15 is 0 Å². The molecule has 0 N–H and O–H groups in total. The molecule has 1 aromatic carbocycles. The number of hydrogen-bond acceptors (Lipinski definition) is 4. The zero-order chi connectivity index (χ0) is 18.7. The Balaban J connectivity index is 1.51. The third kappa shape index (κ3) is 4.99. The van der Waals surface area contributed by atoms with E-state index in [1.165, 1.54) is 0 Å². The summed E-state index contributed by atoms with van der Waals surface area (Å²) in [6, 6.07) is 9.76. The molecule has 1 amide bonds. The van der Waals surface area contributed by atoms with Crippen molar-refractivity contribution in [1.29, 1.82) is 0 Å². The van der Waals surface area contributed by atoms with Crippen molar-refractivity contribution in [1.82, 2.24) is 4.90 Å². The average Bonchev–Trinajstić information content (AvgIpc) is 2.58. The van der Waals surface area contributed by atoms with Gasteiger partial charge in [-0.05, 0) is 57.4 Å². The Hall–Kier alpha value is -2.04. The lowest BCUT2D eigenvalue weighted by atomic mass is 9.72. The number of rotatable bonds is 3. The number of nitrogens with zero attached hydrogens (tertiary/aromatic N) is 1. The van der Waals surface area contributed by atoms with E-state index in [1.54, 1.807) is 0 Å². The Morgan fingerprint density at radius 1 is 1.04 bits per heavy atom. The smallest absolute Gasteiger partial charge is 0.410 e. The van der Waals surface area contributed by atoms with Crippen LogP contribution in [0.1, 0.15) is 45.6 Å². The van der Waals surface area contributed by atoms with Gasteiger partial charge in [-0.25, -0.2) is 4.79 Å². The van der Waals surface area contributed by atoms with E-state index in [9.17, 15) is 9.59 Å². The highest BCUT2D eigenvalue weighted by Gasteiger charge is 2.40. The first-order valence-electron chi connectivity index (χ1n) is 9.48. The molecule has 5 heteroatoms. The SMILES string of the molecule is CC(C)(C)OC(=O)N1CC2CC(CC(C(=O)OCc3ccccc3)C2)C1. The zero-order valence-corrected chi connectivity index (χ0v) is 15.9. The third-order valence-corrected chi connectivity index (χ3v) is 5.07. The van der Waals surface area contributed by atoms with Crippen LogP contribution in [0, 0.1) is 17.8 Å². The van der Waals surface area contributed by atoms with E-state index in [1.807, 2.05) is 56.0 Å². The molecule has 0 radical (unpaired) electrons. The summed E-state index contributed by atoms with van der Waals surface area (Å²) in [5.41, 5.74) is 0.529. The van der Waals surface area contributed by atoms with Gasteiger partial charge in [0.2, 0.25) is 0 Å². The maximum Gasteiger partial charge on any atom is 0.410 e.